The molecule has 0 atom stereocenters. The van der Waals surface area contributed by atoms with Crippen LogP contribution in [-0.2, 0) is 0 Å². The Kier molecular flexibility index (Phi) is 4.97. The highest BCUT2D eigenvalue weighted by molar-refractivity contribution is 7.25. The van der Waals surface area contributed by atoms with E-state index in [0.717, 1.165) is 22.5 Å². The zero-order chi connectivity index (χ0) is 22.2. The lowest BCUT2D eigenvalue weighted by Gasteiger charge is -2.26. The highest BCUT2D eigenvalue weighted by Crippen LogP contribution is 2.40. The maximum atomic E-state index is 5.99. The lowest BCUT2D eigenvalue weighted by molar-refractivity contribution is 1.29. The van der Waals surface area contributed by atoms with Crippen molar-refractivity contribution in [3.8, 4) is 11.1 Å². The van der Waals surface area contributed by atoms with Crippen LogP contribution in [0.25, 0.3) is 31.3 Å². The van der Waals surface area contributed by atoms with Crippen LogP contribution in [-0.4, -0.2) is 7.85 Å². The van der Waals surface area contributed by atoms with Gasteiger partial charge in [0, 0.05) is 37.2 Å². The van der Waals surface area contributed by atoms with Crippen molar-refractivity contribution in [2.75, 3.05) is 4.90 Å². The Hall–Kier alpha value is -3.82. The quantitative estimate of drug-likeness (QED) is 0.253. The molecule has 0 bridgehead atoms. The van der Waals surface area contributed by atoms with Gasteiger partial charge >= 0.3 is 0 Å². The predicted molar refractivity (Wildman–Crippen MR) is 145 cm³/mol. The lowest BCUT2D eigenvalue weighted by Crippen LogP contribution is -2.11. The van der Waals surface area contributed by atoms with E-state index in [-0.39, 0.29) is 0 Å². The summed E-state index contributed by atoms with van der Waals surface area (Å²) in [5, 5.41) is 2.59. The topological polar surface area (TPSA) is 3.24 Å². The van der Waals surface area contributed by atoms with E-state index in [1.54, 1.807) is 0 Å². The van der Waals surface area contributed by atoms with E-state index >= 15 is 0 Å². The van der Waals surface area contributed by atoms with Crippen molar-refractivity contribution in [1.29, 1.82) is 0 Å². The number of anilines is 3. The molecule has 33 heavy (non-hydrogen) atoms. The van der Waals surface area contributed by atoms with E-state index in [4.69, 9.17) is 7.85 Å². The van der Waals surface area contributed by atoms with Crippen LogP contribution in [0.5, 0.6) is 0 Å². The van der Waals surface area contributed by atoms with Crippen LogP contribution in [0.2, 0.25) is 0 Å². The maximum Gasteiger partial charge on any atom is 0.113 e. The second-order valence-electron chi connectivity index (χ2n) is 8.12. The summed E-state index contributed by atoms with van der Waals surface area (Å²) in [4.78, 5) is 2.29. The van der Waals surface area contributed by atoms with Crippen molar-refractivity contribution in [3.63, 3.8) is 0 Å². The van der Waals surface area contributed by atoms with Gasteiger partial charge in [-0.25, -0.2) is 0 Å². The van der Waals surface area contributed by atoms with Gasteiger partial charge in [0.15, 0.2) is 0 Å². The van der Waals surface area contributed by atoms with E-state index < -0.39 is 0 Å². The molecule has 0 fully saturated rings. The fourth-order valence-electron chi connectivity index (χ4n) is 4.36. The molecule has 6 rings (SSSR count). The third-order valence-electron chi connectivity index (χ3n) is 6.00. The normalized spacial score (nSPS) is 11.2. The molecular formula is C30H20BNS. The molecule has 5 aromatic carbocycles. The van der Waals surface area contributed by atoms with Crippen LogP contribution in [0.1, 0.15) is 0 Å². The molecule has 0 saturated heterocycles. The zero-order valence-corrected chi connectivity index (χ0v) is 18.8. The summed E-state index contributed by atoms with van der Waals surface area (Å²) in [6.07, 6.45) is 0. The average molecular weight is 437 g/mol. The molecule has 1 aromatic heterocycles. The van der Waals surface area contributed by atoms with E-state index in [1.807, 2.05) is 29.5 Å². The average Bonchev–Trinajstić information content (AvgIpc) is 3.24. The summed E-state index contributed by atoms with van der Waals surface area (Å²) in [5.74, 6) is 0. The molecule has 1 nitrogen and oxygen atoms in total. The number of nitrogens with zero attached hydrogens (tertiary/aromatic N) is 1. The van der Waals surface area contributed by atoms with Gasteiger partial charge in [0.05, 0.1) is 0 Å². The molecule has 0 unspecified atom stereocenters. The van der Waals surface area contributed by atoms with Crippen molar-refractivity contribution in [3.05, 3.63) is 121 Å². The Bertz CT molecular complexity index is 1550. The van der Waals surface area contributed by atoms with Gasteiger partial charge in [-0.2, -0.15) is 0 Å². The molecule has 0 aliphatic heterocycles. The summed E-state index contributed by atoms with van der Waals surface area (Å²) in [6, 6.07) is 42.7. The van der Waals surface area contributed by atoms with Crippen LogP contribution in [0.4, 0.5) is 17.1 Å². The molecular weight excluding hydrogens is 417 g/mol. The van der Waals surface area contributed by atoms with Crippen molar-refractivity contribution in [1.82, 2.24) is 0 Å². The molecule has 1 heterocycles. The second kappa shape index (κ2) is 8.27. The maximum absolute atomic E-state index is 5.99. The van der Waals surface area contributed by atoms with Crippen molar-refractivity contribution < 1.29 is 0 Å². The first-order chi connectivity index (χ1) is 16.3. The third kappa shape index (κ3) is 3.71. The SMILES string of the molecule is [B]c1ccc(N(c2ccc(-c3ccccc3)cc2)c2ccc3sc4ccccc4c3c2)cc1. The molecule has 154 valence electrons. The van der Waals surface area contributed by atoms with Gasteiger partial charge in [-0.1, -0.05) is 78.3 Å². The number of benzene rings is 5. The van der Waals surface area contributed by atoms with Crippen molar-refractivity contribution >= 4 is 61.9 Å². The van der Waals surface area contributed by atoms with Gasteiger partial charge in [0.25, 0.3) is 0 Å². The summed E-state index contributed by atoms with van der Waals surface area (Å²) in [5.41, 5.74) is 6.50. The van der Waals surface area contributed by atoms with Gasteiger partial charge in [-0.05, 0) is 59.7 Å². The molecule has 0 aliphatic carbocycles. The van der Waals surface area contributed by atoms with Crippen LogP contribution in [0.15, 0.2) is 121 Å². The number of thiophene rings is 1. The van der Waals surface area contributed by atoms with Gasteiger partial charge in [-0.3, -0.25) is 0 Å². The van der Waals surface area contributed by atoms with Crippen LogP contribution < -0.4 is 10.4 Å². The Morgan fingerprint density at radius 2 is 1.06 bits per heavy atom. The molecule has 6 aromatic rings. The Balaban J connectivity index is 1.50. The smallest absolute Gasteiger partial charge is 0.113 e. The number of hydrogen-bond donors (Lipinski definition) is 0. The number of fused-ring (bicyclic) bond motifs is 3. The molecule has 0 aliphatic rings. The van der Waals surface area contributed by atoms with Gasteiger partial charge in [-0.15, -0.1) is 11.3 Å². The lowest BCUT2D eigenvalue weighted by atomic mass is 9.96. The van der Waals surface area contributed by atoms with Crippen LogP contribution in [0.3, 0.4) is 0 Å². The second-order valence-corrected chi connectivity index (χ2v) is 9.20. The summed E-state index contributed by atoms with van der Waals surface area (Å²) < 4.78 is 2.62. The predicted octanol–water partition coefficient (Wildman–Crippen LogP) is 7.99. The highest BCUT2D eigenvalue weighted by Gasteiger charge is 2.15. The Morgan fingerprint density at radius 1 is 0.485 bits per heavy atom. The highest BCUT2D eigenvalue weighted by atomic mass is 32.1. The molecule has 0 saturated carbocycles. The number of rotatable bonds is 4. The Morgan fingerprint density at radius 3 is 1.82 bits per heavy atom. The first kappa shape index (κ1) is 19.8. The zero-order valence-electron chi connectivity index (χ0n) is 18.0. The first-order valence-electron chi connectivity index (χ1n) is 11.0. The van der Waals surface area contributed by atoms with Crippen molar-refractivity contribution in [2.24, 2.45) is 0 Å². The minimum Gasteiger partial charge on any atom is -0.310 e. The molecule has 0 amide bonds. The largest absolute Gasteiger partial charge is 0.310 e. The van der Waals surface area contributed by atoms with Crippen LogP contribution in [0, 0.1) is 0 Å². The van der Waals surface area contributed by atoms with E-state index in [9.17, 15) is 0 Å². The monoisotopic (exact) mass is 437 g/mol. The minimum absolute atomic E-state index is 0.761. The van der Waals surface area contributed by atoms with Gasteiger partial charge in [0.1, 0.15) is 7.85 Å². The summed E-state index contributed by atoms with van der Waals surface area (Å²) in [6.45, 7) is 0. The van der Waals surface area contributed by atoms with Gasteiger partial charge in [0.2, 0.25) is 0 Å². The molecule has 0 N–H and O–H groups in total. The summed E-state index contributed by atoms with van der Waals surface area (Å²) in [7, 11) is 5.99. The fraction of sp³-hybridized carbons (Fsp3) is 0. The Labute approximate surface area is 199 Å². The summed E-state index contributed by atoms with van der Waals surface area (Å²) >= 11 is 1.84. The van der Waals surface area contributed by atoms with Crippen molar-refractivity contribution in [2.45, 2.75) is 0 Å². The minimum atomic E-state index is 0.761. The molecule has 2 radical (unpaired) electrons. The first-order valence-corrected chi connectivity index (χ1v) is 11.8. The fourth-order valence-corrected chi connectivity index (χ4v) is 5.44. The molecule has 3 heteroatoms. The van der Waals surface area contributed by atoms with E-state index in [2.05, 4.69) is 108 Å². The third-order valence-corrected chi connectivity index (χ3v) is 7.15. The van der Waals surface area contributed by atoms with E-state index in [1.165, 1.54) is 31.3 Å². The van der Waals surface area contributed by atoms with Crippen LogP contribution >= 0.6 is 11.3 Å². The molecule has 0 spiro atoms. The number of hydrogen-bond acceptors (Lipinski definition) is 2. The standard InChI is InChI=1S/C30H20BNS/c31-23-12-16-25(17-13-23)32(24-14-10-22(11-15-24)21-6-2-1-3-7-21)26-18-19-30-28(20-26)27-8-4-5-9-29(27)33-30/h1-20H. The van der Waals surface area contributed by atoms with E-state index in [0.29, 0.717) is 0 Å². The van der Waals surface area contributed by atoms with Gasteiger partial charge < -0.3 is 4.90 Å².